The molecule has 0 N–H and O–H groups in total. The Kier molecular flexibility index (Phi) is 5.76. The fraction of sp³-hybridized carbons (Fsp3) is 0.571. The summed E-state index contributed by atoms with van der Waals surface area (Å²) in [6.45, 7) is 7.00. The fourth-order valence-corrected chi connectivity index (χ4v) is 1.90. The fourth-order valence-electron chi connectivity index (χ4n) is 1.90. The van der Waals surface area contributed by atoms with Crippen LogP contribution in [0.2, 0.25) is 0 Å². The lowest BCUT2D eigenvalue weighted by atomic mass is 10.2. The Bertz CT molecular complexity index is 399. The third kappa shape index (κ3) is 4.21. The van der Waals surface area contributed by atoms with Gasteiger partial charge in [0.15, 0.2) is 0 Å². The highest BCUT2D eigenvalue weighted by atomic mass is 16.5. The largest absolute Gasteiger partial charge is 0.461 e. The van der Waals surface area contributed by atoms with Crippen LogP contribution in [0.4, 0.5) is 0 Å². The Hall–Kier alpha value is -1.62. The smallest absolute Gasteiger partial charge is 0.335 e. The molecule has 106 valence electrons. The van der Waals surface area contributed by atoms with Gasteiger partial charge in [0.1, 0.15) is 6.61 Å². The Morgan fingerprint density at radius 1 is 1.53 bits per heavy atom. The summed E-state index contributed by atoms with van der Waals surface area (Å²) in [6, 6.07) is 0. The molecule has 0 aromatic carbocycles. The molecule has 0 saturated carbocycles. The number of ether oxygens (including phenoxy) is 1. The number of likely N-dealkylation sites (tertiary alicyclic amines) is 1. The van der Waals surface area contributed by atoms with Crippen molar-refractivity contribution < 1.29 is 14.3 Å². The first kappa shape index (κ1) is 15.4. The number of likely N-dealkylation sites (N-methyl/N-ethyl adjacent to an activating group) is 1. The number of carbonyl (C=O) groups is 2. The molecule has 5 nitrogen and oxygen atoms in total. The average Bonchev–Trinajstić information content (AvgIpc) is 2.76. The van der Waals surface area contributed by atoms with Gasteiger partial charge in [0.2, 0.25) is 5.91 Å². The molecule has 0 bridgehead atoms. The Labute approximate surface area is 114 Å². The summed E-state index contributed by atoms with van der Waals surface area (Å²) in [4.78, 5) is 27.1. The van der Waals surface area contributed by atoms with Gasteiger partial charge in [-0.3, -0.25) is 4.79 Å². The zero-order valence-corrected chi connectivity index (χ0v) is 11.9. The second-order valence-corrected chi connectivity index (χ2v) is 4.80. The highest BCUT2D eigenvalue weighted by Crippen LogP contribution is 2.20. The molecule has 0 aromatic heterocycles. The molecule has 1 rings (SSSR count). The minimum atomic E-state index is -0.392. The maximum Gasteiger partial charge on any atom is 0.335 e. The number of allylic oxidation sites excluding steroid dienone is 1. The van der Waals surface area contributed by atoms with Crippen LogP contribution in [0.25, 0.3) is 0 Å². The molecular formula is C14H22N2O3. The molecule has 0 atom stereocenters. The third-order valence-electron chi connectivity index (χ3n) is 3.02. The first-order valence-corrected chi connectivity index (χ1v) is 6.43. The second-order valence-electron chi connectivity index (χ2n) is 4.80. The molecule has 0 aliphatic carbocycles. The number of amides is 1. The van der Waals surface area contributed by atoms with Crippen molar-refractivity contribution in [2.24, 2.45) is 0 Å². The van der Waals surface area contributed by atoms with Crippen molar-refractivity contribution in [1.82, 2.24) is 9.80 Å². The predicted octanol–water partition coefficient (Wildman–Crippen LogP) is 1.17. The maximum atomic E-state index is 11.9. The van der Waals surface area contributed by atoms with E-state index in [0.717, 1.165) is 6.42 Å². The minimum Gasteiger partial charge on any atom is -0.461 e. The summed E-state index contributed by atoms with van der Waals surface area (Å²) in [7, 11) is 3.82. The average molecular weight is 266 g/mol. The van der Waals surface area contributed by atoms with Crippen LogP contribution in [0.1, 0.15) is 19.8 Å². The topological polar surface area (TPSA) is 49.9 Å². The van der Waals surface area contributed by atoms with Gasteiger partial charge in [-0.2, -0.15) is 0 Å². The van der Waals surface area contributed by atoms with Crippen molar-refractivity contribution in [3.05, 3.63) is 23.9 Å². The van der Waals surface area contributed by atoms with Crippen LogP contribution in [-0.2, 0) is 14.3 Å². The van der Waals surface area contributed by atoms with E-state index in [1.807, 2.05) is 19.0 Å². The van der Waals surface area contributed by atoms with Crippen LogP contribution < -0.4 is 0 Å². The molecule has 1 aliphatic rings. The zero-order valence-electron chi connectivity index (χ0n) is 11.9. The molecule has 1 fully saturated rings. The molecule has 5 heteroatoms. The van der Waals surface area contributed by atoms with Crippen molar-refractivity contribution in [1.29, 1.82) is 0 Å². The summed E-state index contributed by atoms with van der Waals surface area (Å²) in [6.07, 6.45) is 2.89. The first-order valence-electron chi connectivity index (χ1n) is 6.43. The van der Waals surface area contributed by atoms with Gasteiger partial charge >= 0.3 is 5.97 Å². The monoisotopic (exact) mass is 266 g/mol. The predicted molar refractivity (Wildman–Crippen MR) is 73.4 cm³/mol. The van der Waals surface area contributed by atoms with E-state index < -0.39 is 5.97 Å². The van der Waals surface area contributed by atoms with E-state index in [1.165, 1.54) is 0 Å². The molecule has 0 aromatic rings. The van der Waals surface area contributed by atoms with Gasteiger partial charge in [-0.05, 0) is 33.5 Å². The quantitative estimate of drug-likeness (QED) is 0.411. The van der Waals surface area contributed by atoms with Crippen LogP contribution in [0.5, 0.6) is 0 Å². The van der Waals surface area contributed by atoms with E-state index in [2.05, 4.69) is 6.58 Å². The molecule has 1 aliphatic heterocycles. The molecule has 0 unspecified atom stereocenters. The van der Waals surface area contributed by atoms with Crippen LogP contribution in [0, 0.1) is 0 Å². The van der Waals surface area contributed by atoms with Crippen molar-refractivity contribution in [3.63, 3.8) is 0 Å². The lowest BCUT2D eigenvalue weighted by Gasteiger charge is -2.19. The van der Waals surface area contributed by atoms with Gasteiger partial charge in [0.05, 0.1) is 11.3 Å². The summed E-state index contributed by atoms with van der Waals surface area (Å²) < 4.78 is 5.17. The SMILES string of the molecule is C=CC(=C(C)C(=O)OCCN(C)C)N1CCCC1=O. The molecule has 0 spiro atoms. The summed E-state index contributed by atoms with van der Waals surface area (Å²) in [5.41, 5.74) is 1.00. The highest BCUT2D eigenvalue weighted by molar-refractivity contribution is 5.91. The molecule has 0 radical (unpaired) electrons. The molecule has 1 heterocycles. The summed E-state index contributed by atoms with van der Waals surface area (Å²) in [5, 5.41) is 0. The van der Waals surface area contributed by atoms with Crippen LogP contribution in [0.15, 0.2) is 23.9 Å². The van der Waals surface area contributed by atoms with E-state index >= 15 is 0 Å². The molecule has 1 amide bonds. The molecular weight excluding hydrogens is 244 g/mol. The minimum absolute atomic E-state index is 0.0374. The van der Waals surface area contributed by atoms with Crippen LogP contribution in [0.3, 0.4) is 0 Å². The van der Waals surface area contributed by atoms with Gasteiger partial charge in [0, 0.05) is 19.5 Å². The Morgan fingerprint density at radius 3 is 2.68 bits per heavy atom. The van der Waals surface area contributed by atoms with Crippen molar-refractivity contribution in [2.45, 2.75) is 19.8 Å². The van der Waals surface area contributed by atoms with Gasteiger partial charge in [-0.25, -0.2) is 4.79 Å². The van der Waals surface area contributed by atoms with Gasteiger partial charge in [0.25, 0.3) is 0 Å². The third-order valence-corrected chi connectivity index (χ3v) is 3.02. The number of hydrogen-bond acceptors (Lipinski definition) is 4. The number of hydrogen-bond donors (Lipinski definition) is 0. The normalized spacial score (nSPS) is 16.6. The van der Waals surface area contributed by atoms with E-state index in [1.54, 1.807) is 17.9 Å². The van der Waals surface area contributed by atoms with Gasteiger partial charge < -0.3 is 14.5 Å². The van der Waals surface area contributed by atoms with Crippen molar-refractivity contribution in [3.8, 4) is 0 Å². The van der Waals surface area contributed by atoms with E-state index in [-0.39, 0.29) is 5.91 Å². The lowest BCUT2D eigenvalue weighted by Crippen LogP contribution is -2.26. The number of carbonyl (C=O) groups excluding carboxylic acids is 2. The number of rotatable bonds is 6. The molecule has 19 heavy (non-hydrogen) atoms. The van der Waals surface area contributed by atoms with Crippen LogP contribution >= 0.6 is 0 Å². The second kappa shape index (κ2) is 7.09. The van der Waals surface area contributed by atoms with Crippen molar-refractivity contribution in [2.75, 3.05) is 33.8 Å². The number of nitrogens with zero attached hydrogens (tertiary/aromatic N) is 2. The van der Waals surface area contributed by atoms with Gasteiger partial charge in [-0.1, -0.05) is 6.58 Å². The highest BCUT2D eigenvalue weighted by Gasteiger charge is 2.25. The summed E-state index contributed by atoms with van der Waals surface area (Å²) >= 11 is 0. The van der Waals surface area contributed by atoms with Gasteiger partial charge in [-0.15, -0.1) is 0 Å². The summed E-state index contributed by atoms with van der Waals surface area (Å²) in [5.74, 6) is -0.355. The molecule has 1 saturated heterocycles. The van der Waals surface area contributed by atoms with Crippen LogP contribution in [-0.4, -0.2) is 55.5 Å². The zero-order chi connectivity index (χ0) is 14.4. The standard InChI is InChI=1S/C14H22N2O3/c1-5-12(16-8-6-7-13(16)17)11(2)14(18)19-10-9-15(3)4/h5H,1,6-10H2,2-4H3. The maximum absolute atomic E-state index is 11.9. The van der Waals surface area contributed by atoms with E-state index in [0.29, 0.717) is 37.4 Å². The van der Waals surface area contributed by atoms with E-state index in [4.69, 9.17) is 4.74 Å². The lowest BCUT2D eigenvalue weighted by molar-refractivity contribution is -0.139. The van der Waals surface area contributed by atoms with E-state index in [9.17, 15) is 9.59 Å². The first-order chi connectivity index (χ1) is 8.97. The van der Waals surface area contributed by atoms with Crippen molar-refractivity contribution >= 4 is 11.9 Å². The Morgan fingerprint density at radius 2 is 2.21 bits per heavy atom. The number of esters is 1. The Balaban J connectivity index is 2.71.